The van der Waals surface area contributed by atoms with Gasteiger partial charge in [-0.2, -0.15) is 0 Å². The number of hydrogen-bond donors (Lipinski definition) is 1. The Labute approximate surface area is 140 Å². The molecule has 1 N–H and O–H groups in total. The van der Waals surface area contributed by atoms with E-state index in [4.69, 9.17) is 0 Å². The van der Waals surface area contributed by atoms with Crippen molar-refractivity contribution in [1.82, 2.24) is 14.7 Å². The summed E-state index contributed by atoms with van der Waals surface area (Å²) in [6.07, 6.45) is 4.18. The Morgan fingerprint density at radius 2 is 2.08 bits per heavy atom. The standard InChI is InChI=1S/C17H14FN3O2S/c18-11-6-4-10(5-7-11)8-19-15(22)12-9-20-17-21(16(12)23)13-2-1-3-14(13)24-17/h4-7,9H,1-3,8H2,(H,19,22). The number of carbonyl (C=O) groups is 1. The predicted octanol–water partition coefficient (Wildman–Crippen LogP) is 2.31. The van der Waals surface area contributed by atoms with Crippen LogP contribution in [0.3, 0.4) is 0 Å². The van der Waals surface area contributed by atoms with Gasteiger partial charge in [-0.05, 0) is 37.0 Å². The van der Waals surface area contributed by atoms with E-state index in [9.17, 15) is 14.0 Å². The van der Waals surface area contributed by atoms with Crippen molar-refractivity contribution < 1.29 is 9.18 Å². The zero-order valence-electron chi connectivity index (χ0n) is 12.7. The van der Waals surface area contributed by atoms with Gasteiger partial charge in [0.25, 0.3) is 11.5 Å². The Kier molecular flexibility index (Phi) is 3.65. The smallest absolute Gasteiger partial charge is 0.271 e. The lowest BCUT2D eigenvalue weighted by atomic mass is 10.2. The number of rotatable bonds is 3. The van der Waals surface area contributed by atoms with Gasteiger partial charge in [-0.1, -0.05) is 12.1 Å². The molecule has 2 heterocycles. The van der Waals surface area contributed by atoms with E-state index in [1.165, 1.54) is 34.5 Å². The van der Waals surface area contributed by atoms with Gasteiger partial charge in [-0.15, -0.1) is 11.3 Å². The average molecular weight is 343 g/mol. The number of fused-ring (bicyclic) bond motifs is 3. The maximum Gasteiger partial charge on any atom is 0.271 e. The number of benzene rings is 1. The van der Waals surface area contributed by atoms with Crippen molar-refractivity contribution in [2.45, 2.75) is 25.8 Å². The molecule has 0 fully saturated rings. The number of amides is 1. The number of nitrogens with zero attached hydrogens (tertiary/aromatic N) is 2. The van der Waals surface area contributed by atoms with Gasteiger partial charge in [0.05, 0.1) is 0 Å². The van der Waals surface area contributed by atoms with Crippen LogP contribution in [0, 0.1) is 5.82 Å². The van der Waals surface area contributed by atoms with Crippen molar-refractivity contribution in [3.8, 4) is 0 Å². The molecule has 2 aromatic heterocycles. The zero-order valence-corrected chi connectivity index (χ0v) is 13.5. The quantitative estimate of drug-likeness (QED) is 0.794. The first kappa shape index (κ1) is 15.0. The molecule has 3 aromatic rings. The fourth-order valence-corrected chi connectivity index (χ4v) is 4.11. The Morgan fingerprint density at radius 1 is 1.29 bits per heavy atom. The molecule has 0 bridgehead atoms. The molecule has 1 aromatic carbocycles. The van der Waals surface area contributed by atoms with E-state index in [1.807, 2.05) is 0 Å². The normalized spacial score (nSPS) is 13.2. The van der Waals surface area contributed by atoms with Crippen molar-refractivity contribution in [2.75, 3.05) is 0 Å². The highest BCUT2D eigenvalue weighted by atomic mass is 32.1. The van der Waals surface area contributed by atoms with Crippen LogP contribution in [0.25, 0.3) is 4.96 Å². The Balaban J connectivity index is 1.61. The second-order valence-corrected chi connectivity index (χ2v) is 6.79. The molecule has 1 amide bonds. The van der Waals surface area contributed by atoms with Gasteiger partial charge >= 0.3 is 0 Å². The van der Waals surface area contributed by atoms with Crippen LogP contribution in [0.1, 0.15) is 32.9 Å². The van der Waals surface area contributed by atoms with Crippen LogP contribution in [0.15, 0.2) is 35.3 Å². The van der Waals surface area contributed by atoms with Gasteiger partial charge in [-0.25, -0.2) is 9.37 Å². The number of halogens is 1. The lowest BCUT2D eigenvalue weighted by molar-refractivity contribution is 0.0949. The summed E-state index contributed by atoms with van der Waals surface area (Å²) in [5.74, 6) is -0.798. The molecule has 24 heavy (non-hydrogen) atoms. The summed E-state index contributed by atoms with van der Waals surface area (Å²) >= 11 is 1.52. The first-order chi connectivity index (χ1) is 11.6. The highest BCUT2D eigenvalue weighted by Gasteiger charge is 2.22. The molecule has 0 atom stereocenters. The minimum absolute atomic E-state index is 0.0297. The van der Waals surface area contributed by atoms with E-state index in [0.717, 1.165) is 30.5 Å². The molecule has 4 rings (SSSR count). The van der Waals surface area contributed by atoms with Crippen molar-refractivity contribution in [1.29, 1.82) is 0 Å². The number of aryl methyl sites for hydroxylation is 2. The molecule has 7 heteroatoms. The summed E-state index contributed by atoms with van der Waals surface area (Å²) < 4.78 is 14.5. The third-order valence-electron chi connectivity index (χ3n) is 4.16. The summed E-state index contributed by atoms with van der Waals surface area (Å²) in [5.41, 5.74) is 1.45. The molecular formula is C17H14FN3O2S. The van der Waals surface area contributed by atoms with E-state index in [0.29, 0.717) is 4.96 Å². The number of nitrogens with one attached hydrogen (secondary N) is 1. The largest absolute Gasteiger partial charge is 0.348 e. The van der Waals surface area contributed by atoms with E-state index in [2.05, 4.69) is 10.3 Å². The number of hydrogen-bond acceptors (Lipinski definition) is 4. The van der Waals surface area contributed by atoms with Crippen LogP contribution < -0.4 is 10.9 Å². The number of carbonyl (C=O) groups excluding carboxylic acids is 1. The molecule has 0 saturated carbocycles. The Bertz CT molecular complexity index is 991. The topological polar surface area (TPSA) is 63.5 Å². The molecule has 1 aliphatic rings. The third-order valence-corrected chi connectivity index (χ3v) is 5.32. The van der Waals surface area contributed by atoms with Crippen LogP contribution in [-0.2, 0) is 19.4 Å². The molecular weight excluding hydrogens is 329 g/mol. The highest BCUT2D eigenvalue weighted by molar-refractivity contribution is 7.17. The maximum absolute atomic E-state index is 12.9. The molecule has 0 spiro atoms. The number of thiazole rings is 1. The first-order valence-electron chi connectivity index (χ1n) is 7.68. The molecule has 0 aliphatic heterocycles. The monoisotopic (exact) mass is 343 g/mol. The lowest BCUT2D eigenvalue weighted by Crippen LogP contribution is -2.31. The van der Waals surface area contributed by atoms with Gasteiger partial charge in [-0.3, -0.25) is 14.0 Å². The van der Waals surface area contributed by atoms with Crippen molar-refractivity contribution in [3.63, 3.8) is 0 Å². The van der Waals surface area contributed by atoms with Crippen molar-refractivity contribution in [3.05, 3.63) is 68.3 Å². The molecule has 122 valence electrons. The fraction of sp³-hybridized carbons (Fsp3) is 0.235. The van der Waals surface area contributed by atoms with Crippen LogP contribution in [0.2, 0.25) is 0 Å². The van der Waals surface area contributed by atoms with Crippen LogP contribution >= 0.6 is 11.3 Å². The van der Waals surface area contributed by atoms with Gasteiger partial charge < -0.3 is 5.32 Å². The van der Waals surface area contributed by atoms with Crippen molar-refractivity contribution in [2.24, 2.45) is 0 Å². The molecule has 5 nitrogen and oxygen atoms in total. The summed E-state index contributed by atoms with van der Waals surface area (Å²) in [7, 11) is 0. The minimum Gasteiger partial charge on any atom is -0.348 e. The summed E-state index contributed by atoms with van der Waals surface area (Å²) in [5, 5.41) is 2.69. The molecule has 0 unspecified atom stereocenters. The van der Waals surface area contributed by atoms with E-state index < -0.39 is 5.91 Å². The van der Waals surface area contributed by atoms with Gasteiger partial charge in [0.2, 0.25) is 0 Å². The highest BCUT2D eigenvalue weighted by Crippen LogP contribution is 2.28. The second-order valence-electron chi connectivity index (χ2n) is 5.73. The lowest BCUT2D eigenvalue weighted by Gasteiger charge is -2.06. The summed E-state index contributed by atoms with van der Waals surface area (Å²) in [6.45, 7) is 0.225. The van der Waals surface area contributed by atoms with E-state index in [1.54, 1.807) is 16.5 Å². The molecule has 0 saturated heterocycles. The summed E-state index contributed by atoms with van der Waals surface area (Å²) in [4.78, 5) is 31.1. The fourth-order valence-electron chi connectivity index (χ4n) is 2.94. The van der Waals surface area contributed by atoms with Crippen molar-refractivity contribution >= 4 is 22.2 Å². The maximum atomic E-state index is 12.9. The summed E-state index contributed by atoms with van der Waals surface area (Å²) in [6, 6.07) is 5.85. The van der Waals surface area contributed by atoms with Gasteiger partial charge in [0.15, 0.2) is 4.96 Å². The van der Waals surface area contributed by atoms with Crippen LogP contribution in [0.5, 0.6) is 0 Å². The minimum atomic E-state index is -0.468. The van der Waals surface area contributed by atoms with E-state index in [-0.39, 0.29) is 23.5 Å². The van der Waals surface area contributed by atoms with Crippen LogP contribution in [0.4, 0.5) is 4.39 Å². The van der Waals surface area contributed by atoms with Gasteiger partial charge in [0, 0.05) is 23.3 Å². The predicted molar refractivity (Wildman–Crippen MR) is 88.9 cm³/mol. The zero-order chi connectivity index (χ0) is 16.7. The Hall–Kier alpha value is -2.54. The van der Waals surface area contributed by atoms with Crippen LogP contribution in [-0.4, -0.2) is 15.3 Å². The third kappa shape index (κ3) is 2.50. The SMILES string of the molecule is O=C(NCc1ccc(F)cc1)c1cnc2sc3c(n2c1=O)CCC3. The number of aromatic nitrogens is 2. The second kappa shape index (κ2) is 5.83. The van der Waals surface area contributed by atoms with E-state index >= 15 is 0 Å². The molecule has 0 radical (unpaired) electrons. The first-order valence-corrected chi connectivity index (χ1v) is 8.50. The Morgan fingerprint density at radius 3 is 2.88 bits per heavy atom. The molecule has 1 aliphatic carbocycles. The van der Waals surface area contributed by atoms with Gasteiger partial charge in [0.1, 0.15) is 11.4 Å². The average Bonchev–Trinajstić information content (AvgIpc) is 3.15.